The molecule has 1 N–H and O–H groups in total. The van der Waals surface area contributed by atoms with Crippen LogP contribution in [0.2, 0.25) is 0 Å². The number of piperazine rings is 1. The van der Waals surface area contributed by atoms with Gasteiger partial charge in [0.25, 0.3) is 0 Å². The van der Waals surface area contributed by atoms with E-state index in [2.05, 4.69) is 30.5 Å². The molecule has 144 valence electrons. The highest BCUT2D eigenvalue weighted by atomic mass is 35.5. The van der Waals surface area contributed by atoms with Crippen molar-refractivity contribution in [3.8, 4) is 10.8 Å². The maximum Gasteiger partial charge on any atom is 0.188 e. The molecule has 1 unspecified atom stereocenters. The fraction of sp³-hybridized carbons (Fsp3) is 0.278. The van der Waals surface area contributed by atoms with E-state index in [9.17, 15) is 4.39 Å². The first-order valence-corrected chi connectivity index (χ1v) is 9.09. The Bertz CT molecular complexity index is 849. The molecule has 1 atom stereocenters. The minimum atomic E-state index is -0.194. The summed E-state index contributed by atoms with van der Waals surface area (Å²) in [6.45, 7) is 3.36. The molecular weight excluding hydrogens is 408 g/mol. The Kier molecular flexibility index (Phi) is 8.07. The van der Waals surface area contributed by atoms with Crippen LogP contribution < -0.4 is 5.32 Å². The molecule has 0 saturated carbocycles. The van der Waals surface area contributed by atoms with Crippen molar-refractivity contribution in [3.63, 3.8) is 0 Å². The van der Waals surface area contributed by atoms with Gasteiger partial charge in [0.1, 0.15) is 5.82 Å². The minimum Gasteiger partial charge on any atom is -0.314 e. The summed E-state index contributed by atoms with van der Waals surface area (Å²) in [5.41, 5.74) is 1.99. The van der Waals surface area contributed by atoms with Crippen molar-refractivity contribution in [1.29, 1.82) is 0 Å². The van der Waals surface area contributed by atoms with Gasteiger partial charge in [0.2, 0.25) is 0 Å². The molecule has 0 amide bonds. The standard InChI is InChI=1S/C18H18FN5S.2ClH/c19-14-4-1-3-13(9-14)16-10-20-7-8-24(16)11-15-12-25-18(23-15)17-21-5-2-6-22-17;;/h1-6,9,12,16,20H,7-8,10-11H2;2*1H. The monoisotopic (exact) mass is 427 g/mol. The highest BCUT2D eigenvalue weighted by Gasteiger charge is 2.25. The third kappa shape index (κ3) is 5.21. The van der Waals surface area contributed by atoms with E-state index >= 15 is 0 Å². The maximum absolute atomic E-state index is 13.6. The Morgan fingerprint density at radius 3 is 2.78 bits per heavy atom. The van der Waals surface area contributed by atoms with Gasteiger partial charge < -0.3 is 5.32 Å². The Morgan fingerprint density at radius 1 is 1.19 bits per heavy atom. The lowest BCUT2D eigenvalue weighted by Gasteiger charge is -2.36. The predicted molar refractivity (Wildman–Crippen MR) is 110 cm³/mol. The van der Waals surface area contributed by atoms with Crippen molar-refractivity contribution < 1.29 is 4.39 Å². The van der Waals surface area contributed by atoms with Gasteiger partial charge in [-0.1, -0.05) is 12.1 Å². The number of hydrogen-bond acceptors (Lipinski definition) is 6. The normalized spacial score (nSPS) is 17.0. The SMILES string of the molecule is Cl.Cl.Fc1cccc(C2CNCCN2Cc2csc(-c3ncccn3)n2)c1. The fourth-order valence-corrected chi connectivity index (χ4v) is 3.83. The Morgan fingerprint density at radius 2 is 2.00 bits per heavy atom. The molecule has 5 nitrogen and oxygen atoms in total. The number of halogens is 3. The molecule has 1 fully saturated rings. The van der Waals surface area contributed by atoms with E-state index < -0.39 is 0 Å². The zero-order valence-corrected chi connectivity index (χ0v) is 16.9. The smallest absolute Gasteiger partial charge is 0.188 e. The number of aromatic nitrogens is 3. The third-order valence-electron chi connectivity index (χ3n) is 4.26. The van der Waals surface area contributed by atoms with Gasteiger partial charge >= 0.3 is 0 Å². The first-order chi connectivity index (χ1) is 12.3. The van der Waals surface area contributed by atoms with E-state index in [1.807, 2.05) is 6.07 Å². The summed E-state index contributed by atoms with van der Waals surface area (Å²) in [5, 5.41) is 6.28. The van der Waals surface area contributed by atoms with Crippen molar-refractivity contribution in [2.45, 2.75) is 12.6 Å². The van der Waals surface area contributed by atoms with Crippen molar-refractivity contribution in [2.24, 2.45) is 0 Å². The van der Waals surface area contributed by atoms with Gasteiger partial charge in [-0.05, 0) is 23.8 Å². The lowest BCUT2D eigenvalue weighted by molar-refractivity contribution is 0.152. The average molecular weight is 428 g/mol. The second-order valence-corrected chi connectivity index (χ2v) is 6.82. The second kappa shape index (κ2) is 10.1. The molecule has 1 aliphatic heterocycles. The molecule has 0 aliphatic carbocycles. The molecule has 4 rings (SSSR count). The van der Waals surface area contributed by atoms with Gasteiger partial charge in [0.05, 0.1) is 5.69 Å². The van der Waals surface area contributed by atoms with Crippen molar-refractivity contribution in [1.82, 2.24) is 25.2 Å². The van der Waals surface area contributed by atoms with Gasteiger partial charge in [-0.3, -0.25) is 4.90 Å². The summed E-state index contributed by atoms with van der Waals surface area (Å²) in [6.07, 6.45) is 3.44. The Labute approximate surface area is 173 Å². The van der Waals surface area contributed by atoms with Crippen LogP contribution in [-0.2, 0) is 6.54 Å². The van der Waals surface area contributed by atoms with Gasteiger partial charge in [-0.15, -0.1) is 36.2 Å². The summed E-state index contributed by atoms with van der Waals surface area (Å²) in [7, 11) is 0. The number of hydrogen-bond donors (Lipinski definition) is 1. The van der Waals surface area contributed by atoms with Crippen LogP contribution in [-0.4, -0.2) is 39.5 Å². The molecule has 1 aromatic carbocycles. The van der Waals surface area contributed by atoms with E-state index in [1.54, 1.807) is 41.9 Å². The molecule has 3 aromatic rings. The number of rotatable bonds is 4. The number of nitrogens with zero attached hydrogens (tertiary/aromatic N) is 4. The van der Waals surface area contributed by atoms with Crippen LogP contribution >= 0.6 is 36.2 Å². The summed E-state index contributed by atoms with van der Waals surface area (Å²) >= 11 is 1.55. The molecule has 0 radical (unpaired) electrons. The van der Waals surface area contributed by atoms with Crippen LogP contribution in [0, 0.1) is 5.82 Å². The Hall–Kier alpha value is -1.64. The fourth-order valence-electron chi connectivity index (χ4n) is 3.08. The van der Waals surface area contributed by atoms with E-state index in [-0.39, 0.29) is 36.7 Å². The van der Waals surface area contributed by atoms with Gasteiger partial charge in [-0.25, -0.2) is 19.3 Å². The molecule has 3 heterocycles. The molecule has 9 heteroatoms. The highest BCUT2D eigenvalue weighted by molar-refractivity contribution is 7.13. The van der Waals surface area contributed by atoms with Crippen LogP contribution in [0.4, 0.5) is 4.39 Å². The van der Waals surface area contributed by atoms with E-state index in [0.717, 1.165) is 42.4 Å². The molecule has 27 heavy (non-hydrogen) atoms. The molecular formula is C18H20Cl2FN5S. The molecule has 1 saturated heterocycles. The van der Waals surface area contributed by atoms with Gasteiger partial charge in [0, 0.05) is 50.0 Å². The quantitative estimate of drug-likeness (QED) is 0.687. The molecule has 0 bridgehead atoms. The van der Waals surface area contributed by atoms with Crippen LogP contribution in [0.3, 0.4) is 0 Å². The molecule has 1 aliphatic rings. The summed E-state index contributed by atoms with van der Waals surface area (Å²) in [4.78, 5) is 15.5. The number of nitrogens with one attached hydrogen (secondary N) is 1. The van der Waals surface area contributed by atoms with E-state index in [1.165, 1.54) is 6.07 Å². The van der Waals surface area contributed by atoms with Crippen molar-refractivity contribution >= 4 is 36.2 Å². The lowest BCUT2D eigenvalue weighted by Crippen LogP contribution is -2.45. The van der Waals surface area contributed by atoms with Gasteiger partial charge in [-0.2, -0.15) is 0 Å². The summed E-state index contributed by atoms with van der Waals surface area (Å²) in [5.74, 6) is 0.459. The van der Waals surface area contributed by atoms with Crippen LogP contribution in [0.5, 0.6) is 0 Å². The maximum atomic E-state index is 13.6. The Balaban J connectivity index is 0.00000131. The zero-order chi connectivity index (χ0) is 17.1. The van der Waals surface area contributed by atoms with Crippen molar-refractivity contribution in [2.75, 3.05) is 19.6 Å². The topological polar surface area (TPSA) is 53.9 Å². The highest BCUT2D eigenvalue weighted by Crippen LogP contribution is 2.26. The molecule has 0 spiro atoms. The average Bonchev–Trinajstić information content (AvgIpc) is 3.11. The predicted octanol–water partition coefficient (Wildman–Crippen LogP) is 3.73. The first-order valence-electron chi connectivity index (χ1n) is 8.21. The van der Waals surface area contributed by atoms with Crippen LogP contribution in [0.15, 0.2) is 48.1 Å². The molecule has 2 aromatic heterocycles. The van der Waals surface area contributed by atoms with E-state index in [4.69, 9.17) is 0 Å². The summed E-state index contributed by atoms with van der Waals surface area (Å²) in [6, 6.07) is 8.79. The third-order valence-corrected chi connectivity index (χ3v) is 5.15. The van der Waals surface area contributed by atoms with Gasteiger partial charge in [0.15, 0.2) is 10.8 Å². The van der Waals surface area contributed by atoms with Crippen LogP contribution in [0.1, 0.15) is 17.3 Å². The van der Waals surface area contributed by atoms with Crippen LogP contribution in [0.25, 0.3) is 10.8 Å². The van der Waals surface area contributed by atoms with Crippen molar-refractivity contribution in [3.05, 3.63) is 65.2 Å². The number of benzene rings is 1. The minimum absolute atomic E-state index is 0. The second-order valence-electron chi connectivity index (χ2n) is 5.96. The summed E-state index contributed by atoms with van der Waals surface area (Å²) < 4.78 is 13.6. The lowest BCUT2D eigenvalue weighted by atomic mass is 10.0. The number of thiazole rings is 1. The first kappa shape index (κ1) is 21.7. The largest absolute Gasteiger partial charge is 0.314 e. The zero-order valence-electron chi connectivity index (χ0n) is 14.4. The van der Waals surface area contributed by atoms with E-state index in [0.29, 0.717) is 5.82 Å².